The summed E-state index contributed by atoms with van der Waals surface area (Å²) in [6.07, 6.45) is 3.94. The van der Waals surface area contributed by atoms with Crippen LogP contribution in [0.2, 0.25) is 0 Å². The first-order valence-electron chi connectivity index (χ1n) is 6.44. The van der Waals surface area contributed by atoms with Gasteiger partial charge in [-0.05, 0) is 54.1 Å². The summed E-state index contributed by atoms with van der Waals surface area (Å²) in [5.74, 6) is -0.0575. The van der Waals surface area contributed by atoms with Crippen molar-refractivity contribution in [1.82, 2.24) is 4.90 Å². The third-order valence-electron chi connectivity index (χ3n) is 3.32. The van der Waals surface area contributed by atoms with Crippen LogP contribution in [0, 0.1) is 3.57 Å². The maximum Gasteiger partial charge on any atom is 0.238 e. The molecule has 102 valence electrons. The Balaban J connectivity index is 1.94. The van der Waals surface area contributed by atoms with Crippen molar-refractivity contribution in [2.45, 2.75) is 25.3 Å². The standard InChI is InChI=1S/C14H17IN2O2/c15-12-6-1-2-7-13(12)16-14(19)9-17-8-4-3-5-11(17)10-18/h1-2,6-7,10-11H,3-5,8-9H2,(H,16,19). The average Bonchev–Trinajstić information content (AvgIpc) is 2.42. The summed E-state index contributed by atoms with van der Waals surface area (Å²) in [6, 6.07) is 7.56. The Hall–Kier alpha value is -0.950. The number of benzene rings is 1. The van der Waals surface area contributed by atoms with Gasteiger partial charge in [-0.1, -0.05) is 18.6 Å². The second-order valence-electron chi connectivity index (χ2n) is 4.70. The molecule has 1 aliphatic rings. The number of piperidine rings is 1. The van der Waals surface area contributed by atoms with E-state index in [4.69, 9.17) is 0 Å². The molecule has 0 bridgehead atoms. The van der Waals surface area contributed by atoms with E-state index in [-0.39, 0.29) is 18.5 Å². The quantitative estimate of drug-likeness (QED) is 0.652. The molecule has 0 spiro atoms. The third-order valence-corrected chi connectivity index (χ3v) is 4.26. The van der Waals surface area contributed by atoms with E-state index in [1.165, 1.54) is 0 Å². The first-order valence-corrected chi connectivity index (χ1v) is 7.52. The van der Waals surface area contributed by atoms with E-state index in [2.05, 4.69) is 27.9 Å². The molecule has 1 aromatic carbocycles. The molecule has 1 aliphatic heterocycles. The van der Waals surface area contributed by atoms with Crippen molar-refractivity contribution >= 4 is 40.5 Å². The monoisotopic (exact) mass is 372 g/mol. The maximum atomic E-state index is 12.0. The van der Waals surface area contributed by atoms with Crippen molar-refractivity contribution in [2.75, 3.05) is 18.4 Å². The lowest BCUT2D eigenvalue weighted by atomic mass is 10.0. The Morgan fingerprint density at radius 1 is 1.42 bits per heavy atom. The summed E-state index contributed by atoms with van der Waals surface area (Å²) < 4.78 is 1.01. The summed E-state index contributed by atoms with van der Waals surface area (Å²) in [5, 5.41) is 2.90. The van der Waals surface area contributed by atoms with Crippen LogP contribution in [0.3, 0.4) is 0 Å². The number of carbonyl (C=O) groups excluding carboxylic acids is 2. The molecular formula is C14H17IN2O2. The van der Waals surface area contributed by atoms with Crippen LogP contribution in [-0.2, 0) is 9.59 Å². The minimum absolute atomic E-state index is 0.0575. The van der Waals surface area contributed by atoms with E-state index in [0.29, 0.717) is 0 Å². The Kier molecular flexibility index (Phi) is 5.33. The Morgan fingerprint density at radius 2 is 2.21 bits per heavy atom. The number of rotatable bonds is 4. The Morgan fingerprint density at radius 3 is 2.95 bits per heavy atom. The highest BCUT2D eigenvalue weighted by Gasteiger charge is 2.23. The van der Waals surface area contributed by atoms with Crippen LogP contribution in [0.4, 0.5) is 5.69 Å². The summed E-state index contributed by atoms with van der Waals surface area (Å²) in [4.78, 5) is 25.0. The van der Waals surface area contributed by atoms with Crippen molar-refractivity contribution in [3.63, 3.8) is 0 Å². The largest absolute Gasteiger partial charge is 0.324 e. The van der Waals surface area contributed by atoms with Gasteiger partial charge in [0.25, 0.3) is 0 Å². The number of nitrogens with one attached hydrogen (secondary N) is 1. The normalized spacial score (nSPS) is 19.9. The Labute approximate surface area is 126 Å². The fraction of sp³-hybridized carbons (Fsp3) is 0.429. The van der Waals surface area contributed by atoms with Gasteiger partial charge < -0.3 is 10.1 Å². The predicted molar refractivity (Wildman–Crippen MR) is 83.1 cm³/mol. The van der Waals surface area contributed by atoms with Gasteiger partial charge in [0.05, 0.1) is 18.3 Å². The van der Waals surface area contributed by atoms with Crippen LogP contribution in [0.25, 0.3) is 0 Å². The molecule has 1 saturated heterocycles. The minimum Gasteiger partial charge on any atom is -0.324 e. The van der Waals surface area contributed by atoms with E-state index in [1.807, 2.05) is 29.2 Å². The van der Waals surface area contributed by atoms with Gasteiger partial charge in [-0.25, -0.2) is 0 Å². The van der Waals surface area contributed by atoms with Crippen LogP contribution in [0.15, 0.2) is 24.3 Å². The highest BCUT2D eigenvalue weighted by Crippen LogP contribution is 2.18. The van der Waals surface area contributed by atoms with Gasteiger partial charge in [0.1, 0.15) is 6.29 Å². The zero-order chi connectivity index (χ0) is 13.7. The van der Waals surface area contributed by atoms with Crippen molar-refractivity contribution < 1.29 is 9.59 Å². The summed E-state index contributed by atoms with van der Waals surface area (Å²) in [7, 11) is 0. The van der Waals surface area contributed by atoms with Crippen LogP contribution in [-0.4, -0.2) is 36.2 Å². The molecule has 4 nitrogen and oxygen atoms in total. The zero-order valence-corrected chi connectivity index (χ0v) is 12.8. The lowest BCUT2D eigenvalue weighted by molar-refractivity contribution is -0.120. The van der Waals surface area contributed by atoms with Crippen LogP contribution < -0.4 is 5.32 Å². The van der Waals surface area contributed by atoms with Gasteiger partial charge >= 0.3 is 0 Å². The lowest BCUT2D eigenvalue weighted by Gasteiger charge is -2.31. The van der Waals surface area contributed by atoms with Gasteiger partial charge in [-0.3, -0.25) is 9.69 Å². The molecule has 1 N–H and O–H groups in total. The second kappa shape index (κ2) is 7.00. The van der Waals surface area contributed by atoms with E-state index >= 15 is 0 Å². The number of carbonyl (C=O) groups is 2. The molecule has 0 saturated carbocycles. The summed E-state index contributed by atoms with van der Waals surface area (Å²) in [5.41, 5.74) is 0.827. The van der Waals surface area contributed by atoms with Crippen molar-refractivity contribution in [3.05, 3.63) is 27.8 Å². The molecular weight excluding hydrogens is 355 g/mol. The van der Waals surface area contributed by atoms with Crippen LogP contribution >= 0.6 is 22.6 Å². The fourth-order valence-corrected chi connectivity index (χ4v) is 2.83. The SMILES string of the molecule is O=CC1CCCCN1CC(=O)Nc1ccccc1I. The molecule has 19 heavy (non-hydrogen) atoms. The summed E-state index contributed by atoms with van der Waals surface area (Å²) in [6.45, 7) is 1.11. The van der Waals surface area contributed by atoms with Crippen molar-refractivity contribution in [3.8, 4) is 0 Å². The number of likely N-dealkylation sites (tertiary alicyclic amines) is 1. The van der Waals surface area contributed by atoms with E-state index < -0.39 is 0 Å². The molecule has 0 radical (unpaired) electrons. The van der Waals surface area contributed by atoms with Gasteiger partial charge in [0.2, 0.25) is 5.91 Å². The number of para-hydroxylation sites is 1. The van der Waals surface area contributed by atoms with Gasteiger partial charge in [0, 0.05) is 3.57 Å². The number of hydrogen-bond acceptors (Lipinski definition) is 3. The number of hydrogen-bond donors (Lipinski definition) is 1. The van der Waals surface area contributed by atoms with Gasteiger partial charge in [0.15, 0.2) is 0 Å². The number of amides is 1. The molecule has 1 amide bonds. The van der Waals surface area contributed by atoms with E-state index in [9.17, 15) is 9.59 Å². The van der Waals surface area contributed by atoms with Gasteiger partial charge in [-0.2, -0.15) is 0 Å². The van der Waals surface area contributed by atoms with Crippen molar-refractivity contribution in [1.29, 1.82) is 0 Å². The van der Waals surface area contributed by atoms with Crippen molar-refractivity contribution in [2.24, 2.45) is 0 Å². The smallest absolute Gasteiger partial charge is 0.238 e. The first kappa shape index (κ1) is 14.5. The predicted octanol–water partition coefficient (Wildman–Crippen LogP) is 2.28. The molecule has 1 fully saturated rings. The minimum atomic E-state index is -0.102. The van der Waals surface area contributed by atoms with Crippen LogP contribution in [0.1, 0.15) is 19.3 Å². The molecule has 1 heterocycles. The molecule has 0 aromatic heterocycles. The fourth-order valence-electron chi connectivity index (χ4n) is 2.30. The van der Waals surface area contributed by atoms with E-state index in [0.717, 1.165) is 41.4 Å². The number of aldehydes is 1. The van der Waals surface area contributed by atoms with E-state index in [1.54, 1.807) is 0 Å². The highest BCUT2D eigenvalue weighted by atomic mass is 127. The number of halogens is 1. The zero-order valence-electron chi connectivity index (χ0n) is 10.6. The second-order valence-corrected chi connectivity index (χ2v) is 5.86. The average molecular weight is 372 g/mol. The highest BCUT2D eigenvalue weighted by molar-refractivity contribution is 14.1. The van der Waals surface area contributed by atoms with Crippen LogP contribution in [0.5, 0.6) is 0 Å². The molecule has 1 atom stereocenters. The number of anilines is 1. The molecule has 2 rings (SSSR count). The number of nitrogens with zero attached hydrogens (tertiary/aromatic N) is 1. The first-order chi connectivity index (χ1) is 9.20. The molecule has 1 unspecified atom stereocenters. The molecule has 1 aromatic rings. The maximum absolute atomic E-state index is 12.0. The van der Waals surface area contributed by atoms with Gasteiger partial charge in [-0.15, -0.1) is 0 Å². The molecule has 0 aliphatic carbocycles. The topological polar surface area (TPSA) is 49.4 Å². The summed E-state index contributed by atoms with van der Waals surface area (Å²) >= 11 is 2.19. The lowest BCUT2D eigenvalue weighted by Crippen LogP contribution is -2.44. The Bertz CT molecular complexity index is 465. The third kappa shape index (κ3) is 4.01. The molecule has 5 heteroatoms.